The summed E-state index contributed by atoms with van der Waals surface area (Å²) in [5, 5.41) is 19.3. The Balaban J connectivity index is 2.08. The third-order valence-corrected chi connectivity index (χ3v) is 6.78. The molecular weight excluding hydrogens is 474 g/mol. The minimum absolute atomic E-state index is 0.00425. The highest BCUT2D eigenvalue weighted by atomic mass is 32.2. The number of nitrogens with zero attached hydrogens (tertiary/aromatic N) is 3. The van der Waals surface area contributed by atoms with Gasteiger partial charge >= 0.3 is 5.97 Å². The Morgan fingerprint density at radius 1 is 1.14 bits per heavy atom. The van der Waals surface area contributed by atoms with Gasteiger partial charge in [-0.1, -0.05) is 32.1 Å². The standard InChI is InChI=1S/C23H27N5O6S/c1-13-7-8-14(9-18(13)28-12-17(22(30)31)26-27-28)21(29)25-16-10-15(23(2,3)4)11-19(20(16)34-6)35(32,33)24-5/h7-12,24H,1-6H3,(H,25,29)(H,30,31). The number of aromatic nitrogens is 3. The van der Waals surface area contributed by atoms with Gasteiger partial charge in [-0.3, -0.25) is 4.79 Å². The van der Waals surface area contributed by atoms with E-state index in [1.54, 1.807) is 25.1 Å². The minimum atomic E-state index is -3.89. The lowest BCUT2D eigenvalue weighted by Crippen LogP contribution is -2.22. The van der Waals surface area contributed by atoms with E-state index in [2.05, 4.69) is 20.4 Å². The van der Waals surface area contributed by atoms with E-state index < -0.39 is 27.3 Å². The van der Waals surface area contributed by atoms with Crippen LogP contribution >= 0.6 is 0 Å². The zero-order chi connectivity index (χ0) is 26.1. The summed E-state index contributed by atoms with van der Waals surface area (Å²) in [6, 6.07) is 8.02. The third kappa shape index (κ3) is 5.33. The van der Waals surface area contributed by atoms with Crippen molar-refractivity contribution in [3.05, 3.63) is 58.9 Å². The van der Waals surface area contributed by atoms with Crippen molar-refractivity contribution >= 4 is 27.6 Å². The van der Waals surface area contributed by atoms with E-state index in [0.29, 0.717) is 11.3 Å². The molecule has 0 atom stereocenters. The molecule has 0 unspecified atom stereocenters. The molecule has 12 heteroatoms. The second kappa shape index (κ2) is 9.47. The van der Waals surface area contributed by atoms with Crippen molar-refractivity contribution in [1.29, 1.82) is 0 Å². The molecule has 3 aromatic rings. The Morgan fingerprint density at radius 3 is 2.37 bits per heavy atom. The summed E-state index contributed by atoms with van der Waals surface area (Å²) in [5.41, 5.74) is 1.64. The number of benzene rings is 2. The van der Waals surface area contributed by atoms with Crippen LogP contribution in [0.15, 0.2) is 41.4 Å². The van der Waals surface area contributed by atoms with Crippen LogP contribution in [-0.4, -0.2) is 54.6 Å². The summed E-state index contributed by atoms with van der Waals surface area (Å²) in [6.07, 6.45) is 1.25. The fraction of sp³-hybridized carbons (Fsp3) is 0.304. The number of amides is 1. The number of rotatable bonds is 7. The third-order valence-electron chi connectivity index (χ3n) is 5.36. The monoisotopic (exact) mass is 501 g/mol. The molecule has 0 aliphatic heterocycles. The fourth-order valence-corrected chi connectivity index (χ4v) is 4.26. The molecule has 186 valence electrons. The van der Waals surface area contributed by atoms with Gasteiger partial charge in [0, 0.05) is 5.56 Å². The number of sulfonamides is 1. The SMILES string of the molecule is CNS(=O)(=O)c1cc(C(C)(C)C)cc(NC(=O)c2ccc(C)c(-n3cc(C(=O)O)nn3)c2)c1OC. The van der Waals surface area contributed by atoms with E-state index in [1.165, 1.54) is 37.2 Å². The molecule has 3 rings (SSSR count). The van der Waals surface area contributed by atoms with Crippen LogP contribution in [0.5, 0.6) is 5.75 Å². The van der Waals surface area contributed by atoms with Crippen LogP contribution in [0.4, 0.5) is 5.69 Å². The Hall–Kier alpha value is -3.77. The van der Waals surface area contributed by atoms with Crippen LogP contribution in [0.1, 0.15) is 52.7 Å². The van der Waals surface area contributed by atoms with E-state index in [-0.39, 0.29) is 27.6 Å². The molecule has 1 heterocycles. The van der Waals surface area contributed by atoms with Gasteiger partial charge in [-0.15, -0.1) is 5.10 Å². The largest absolute Gasteiger partial charge is 0.493 e. The summed E-state index contributed by atoms with van der Waals surface area (Å²) in [6.45, 7) is 7.55. The molecule has 1 aromatic heterocycles. The first-order valence-corrected chi connectivity index (χ1v) is 12.0. The first-order chi connectivity index (χ1) is 16.3. The van der Waals surface area contributed by atoms with Crippen molar-refractivity contribution < 1.29 is 27.9 Å². The summed E-state index contributed by atoms with van der Waals surface area (Å²) in [7, 11) is -1.27. The quantitative estimate of drug-likeness (QED) is 0.447. The molecule has 0 aliphatic carbocycles. The predicted octanol–water partition coefficient (Wildman–Crippen LogP) is 2.74. The number of carbonyl (C=O) groups excluding carboxylic acids is 1. The van der Waals surface area contributed by atoms with Crippen molar-refractivity contribution in [2.24, 2.45) is 0 Å². The van der Waals surface area contributed by atoms with Crippen molar-refractivity contribution in [3.63, 3.8) is 0 Å². The molecule has 1 amide bonds. The number of nitrogens with one attached hydrogen (secondary N) is 2. The molecule has 0 radical (unpaired) electrons. The van der Waals surface area contributed by atoms with Crippen LogP contribution in [0.25, 0.3) is 5.69 Å². The molecule has 0 aliphatic rings. The van der Waals surface area contributed by atoms with E-state index in [1.807, 2.05) is 20.8 Å². The van der Waals surface area contributed by atoms with Crippen LogP contribution < -0.4 is 14.8 Å². The number of carboxylic acids is 1. The Kier molecular flexibility index (Phi) is 6.99. The molecule has 0 spiro atoms. The maximum absolute atomic E-state index is 13.2. The predicted molar refractivity (Wildman–Crippen MR) is 129 cm³/mol. The van der Waals surface area contributed by atoms with Gasteiger partial charge in [0.1, 0.15) is 4.90 Å². The summed E-state index contributed by atoms with van der Waals surface area (Å²) < 4.78 is 34.3. The van der Waals surface area contributed by atoms with Gasteiger partial charge in [-0.25, -0.2) is 22.6 Å². The number of aromatic carboxylic acids is 1. The van der Waals surface area contributed by atoms with E-state index >= 15 is 0 Å². The molecule has 0 saturated carbocycles. The average molecular weight is 502 g/mol. The second-order valence-corrected chi connectivity index (χ2v) is 10.7. The molecular formula is C23H27N5O6S. The molecule has 35 heavy (non-hydrogen) atoms. The van der Waals surface area contributed by atoms with Gasteiger partial charge in [0.25, 0.3) is 5.91 Å². The minimum Gasteiger partial charge on any atom is -0.493 e. The lowest BCUT2D eigenvalue weighted by atomic mass is 9.86. The Labute approximate surface area is 203 Å². The van der Waals surface area contributed by atoms with E-state index in [4.69, 9.17) is 9.84 Å². The average Bonchev–Trinajstić information content (AvgIpc) is 3.28. The van der Waals surface area contributed by atoms with Gasteiger partial charge in [0.05, 0.1) is 24.7 Å². The van der Waals surface area contributed by atoms with E-state index in [0.717, 1.165) is 5.56 Å². The lowest BCUT2D eigenvalue weighted by molar-refractivity contribution is 0.0690. The van der Waals surface area contributed by atoms with Crippen molar-refractivity contribution in [3.8, 4) is 11.4 Å². The summed E-state index contributed by atoms with van der Waals surface area (Å²) in [4.78, 5) is 24.3. The number of ether oxygens (including phenoxy) is 1. The maximum Gasteiger partial charge on any atom is 0.358 e. The first kappa shape index (κ1) is 25.8. The molecule has 0 fully saturated rings. The van der Waals surface area contributed by atoms with Crippen LogP contribution in [0, 0.1) is 6.92 Å². The zero-order valence-electron chi connectivity index (χ0n) is 20.2. The highest BCUT2D eigenvalue weighted by Crippen LogP contribution is 2.38. The first-order valence-electron chi connectivity index (χ1n) is 10.5. The molecule has 3 N–H and O–H groups in total. The zero-order valence-corrected chi connectivity index (χ0v) is 21.0. The normalized spacial score (nSPS) is 11.8. The van der Waals surface area contributed by atoms with Gasteiger partial charge in [-0.2, -0.15) is 0 Å². The van der Waals surface area contributed by atoms with Gasteiger partial charge < -0.3 is 15.2 Å². The number of carboxylic acid groups (broad SMARTS) is 1. The fourth-order valence-electron chi connectivity index (χ4n) is 3.32. The smallest absolute Gasteiger partial charge is 0.358 e. The highest BCUT2D eigenvalue weighted by molar-refractivity contribution is 7.89. The molecule has 0 saturated heterocycles. The van der Waals surface area contributed by atoms with Crippen LogP contribution in [0.3, 0.4) is 0 Å². The molecule has 0 bridgehead atoms. The maximum atomic E-state index is 13.2. The number of carbonyl (C=O) groups is 2. The lowest BCUT2D eigenvalue weighted by Gasteiger charge is -2.23. The van der Waals surface area contributed by atoms with Crippen molar-refractivity contribution in [1.82, 2.24) is 19.7 Å². The van der Waals surface area contributed by atoms with Crippen molar-refractivity contribution in [2.45, 2.75) is 38.0 Å². The van der Waals surface area contributed by atoms with Gasteiger partial charge in [0.15, 0.2) is 11.4 Å². The van der Waals surface area contributed by atoms with Gasteiger partial charge in [0.2, 0.25) is 10.0 Å². The van der Waals surface area contributed by atoms with Crippen LogP contribution in [-0.2, 0) is 15.4 Å². The number of methoxy groups -OCH3 is 1. The number of aryl methyl sites for hydroxylation is 1. The van der Waals surface area contributed by atoms with Crippen LogP contribution in [0.2, 0.25) is 0 Å². The Morgan fingerprint density at radius 2 is 1.83 bits per heavy atom. The summed E-state index contributed by atoms with van der Waals surface area (Å²) in [5.74, 6) is -1.75. The topological polar surface area (TPSA) is 153 Å². The summed E-state index contributed by atoms with van der Waals surface area (Å²) >= 11 is 0. The number of hydrogen-bond donors (Lipinski definition) is 3. The number of anilines is 1. The highest BCUT2D eigenvalue weighted by Gasteiger charge is 2.27. The molecule has 11 nitrogen and oxygen atoms in total. The Bertz CT molecular complexity index is 1410. The van der Waals surface area contributed by atoms with Crippen molar-refractivity contribution in [2.75, 3.05) is 19.5 Å². The molecule has 2 aromatic carbocycles. The van der Waals surface area contributed by atoms with E-state index in [9.17, 15) is 18.0 Å². The van der Waals surface area contributed by atoms with Gasteiger partial charge in [-0.05, 0) is 54.8 Å². The second-order valence-electron chi connectivity index (χ2n) is 8.82. The number of hydrogen-bond acceptors (Lipinski definition) is 7.